The topological polar surface area (TPSA) is 110 Å². The summed E-state index contributed by atoms with van der Waals surface area (Å²) in [5.41, 5.74) is 3.02. The van der Waals surface area contributed by atoms with Crippen LogP contribution in [-0.2, 0) is 11.3 Å². The summed E-state index contributed by atoms with van der Waals surface area (Å²) in [5.74, 6) is 2.11. The molecule has 2 aromatic heterocycles. The quantitative estimate of drug-likeness (QED) is 0.328. The predicted molar refractivity (Wildman–Crippen MR) is 139 cm³/mol. The Hall–Kier alpha value is -4.20. The summed E-state index contributed by atoms with van der Waals surface area (Å²) < 4.78 is 18.7. The van der Waals surface area contributed by atoms with Crippen LogP contribution in [-0.4, -0.2) is 71.2 Å². The summed E-state index contributed by atoms with van der Waals surface area (Å²) in [6.45, 7) is 5.71. The Labute approximate surface area is 215 Å². The molecule has 10 heteroatoms. The lowest BCUT2D eigenvalue weighted by molar-refractivity contribution is 0.0357. The highest BCUT2D eigenvalue weighted by Gasteiger charge is 2.13. The maximum atomic E-state index is 9.22. The van der Waals surface area contributed by atoms with Gasteiger partial charge in [-0.2, -0.15) is 10.4 Å². The molecule has 1 N–H and O–H groups in total. The Morgan fingerprint density at radius 1 is 1.11 bits per heavy atom. The van der Waals surface area contributed by atoms with Gasteiger partial charge in [-0.25, -0.2) is 14.6 Å². The number of nitrogens with zero attached hydrogens (tertiary/aromatic N) is 6. The molecule has 190 valence electrons. The Bertz CT molecular complexity index is 1390. The lowest BCUT2D eigenvalue weighted by Gasteiger charge is -2.26. The molecule has 1 aliphatic rings. The summed E-state index contributed by atoms with van der Waals surface area (Å²) >= 11 is 0. The molecule has 0 atom stereocenters. The highest BCUT2D eigenvalue weighted by Crippen LogP contribution is 2.29. The molecule has 0 unspecified atom stereocenters. The summed E-state index contributed by atoms with van der Waals surface area (Å²) in [5, 5.41) is 17.9. The van der Waals surface area contributed by atoms with Gasteiger partial charge in [-0.05, 0) is 42.3 Å². The molecule has 0 saturated carbocycles. The van der Waals surface area contributed by atoms with Gasteiger partial charge in [0.15, 0.2) is 17.1 Å². The molecule has 0 spiro atoms. The minimum Gasteiger partial charge on any atom is -0.493 e. The third-order valence-corrected chi connectivity index (χ3v) is 6.25. The second-order valence-electron chi connectivity index (χ2n) is 8.67. The number of benzene rings is 2. The predicted octanol–water partition coefficient (Wildman–Crippen LogP) is 3.41. The van der Waals surface area contributed by atoms with E-state index in [0.29, 0.717) is 35.9 Å². The number of hydrogen-bond acceptors (Lipinski definition) is 9. The first kappa shape index (κ1) is 24.5. The van der Waals surface area contributed by atoms with Crippen molar-refractivity contribution >= 4 is 16.9 Å². The van der Waals surface area contributed by atoms with Gasteiger partial charge in [0, 0.05) is 26.2 Å². The standard InChI is InChI=1S/C27H29N7O3/c1-35-24-7-6-21(15-25(24)37-11-3-8-33-9-12-36-13-10-33)17-29-26-23-18-32-34(27(23)31-19-30-26)22-5-2-4-20(14-22)16-28/h2,4-7,14-15,18-19H,3,8-13,17H2,1H3,(H,29,30,31). The molecular weight excluding hydrogens is 470 g/mol. The molecule has 37 heavy (non-hydrogen) atoms. The smallest absolute Gasteiger partial charge is 0.168 e. The van der Waals surface area contributed by atoms with Gasteiger partial charge in [-0.15, -0.1) is 0 Å². The minimum absolute atomic E-state index is 0.537. The van der Waals surface area contributed by atoms with Gasteiger partial charge in [0.2, 0.25) is 0 Å². The van der Waals surface area contributed by atoms with E-state index in [0.717, 1.165) is 61.7 Å². The molecular formula is C27H29N7O3. The van der Waals surface area contributed by atoms with E-state index < -0.39 is 0 Å². The number of anilines is 1. The summed E-state index contributed by atoms with van der Waals surface area (Å²) in [7, 11) is 1.65. The molecule has 1 saturated heterocycles. The van der Waals surface area contributed by atoms with Gasteiger partial charge in [0.05, 0.1) is 55.8 Å². The molecule has 2 aromatic carbocycles. The van der Waals surface area contributed by atoms with Crippen molar-refractivity contribution in [1.82, 2.24) is 24.6 Å². The number of morpholine rings is 1. The Balaban J connectivity index is 1.25. The van der Waals surface area contributed by atoms with Gasteiger partial charge < -0.3 is 19.5 Å². The van der Waals surface area contributed by atoms with Crippen LogP contribution in [0, 0.1) is 11.3 Å². The monoisotopic (exact) mass is 499 g/mol. The van der Waals surface area contributed by atoms with Gasteiger partial charge in [0.25, 0.3) is 0 Å². The van der Waals surface area contributed by atoms with Crippen molar-refractivity contribution in [3.05, 3.63) is 66.1 Å². The number of nitriles is 1. The summed E-state index contributed by atoms with van der Waals surface area (Å²) in [6.07, 6.45) is 4.17. The Kier molecular flexibility index (Phi) is 7.74. The van der Waals surface area contributed by atoms with Gasteiger partial charge in [-0.1, -0.05) is 12.1 Å². The number of nitrogens with one attached hydrogen (secondary N) is 1. The first-order valence-electron chi connectivity index (χ1n) is 12.3. The largest absolute Gasteiger partial charge is 0.493 e. The second-order valence-corrected chi connectivity index (χ2v) is 8.67. The minimum atomic E-state index is 0.537. The van der Waals surface area contributed by atoms with Crippen LogP contribution in [0.4, 0.5) is 5.82 Å². The first-order valence-corrected chi connectivity index (χ1v) is 12.3. The number of aromatic nitrogens is 4. The van der Waals surface area contributed by atoms with Crippen molar-refractivity contribution in [1.29, 1.82) is 5.26 Å². The lowest BCUT2D eigenvalue weighted by atomic mass is 10.2. The van der Waals surface area contributed by atoms with Crippen LogP contribution in [0.25, 0.3) is 16.7 Å². The van der Waals surface area contributed by atoms with Crippen LogP contribution in [0.5, 0.6) is 11.5 Å². The number of hydrogen-bond donors (Lipinski definition) is 1. The highest BCUT2D eigenvalue weighted by molar-refractivity contribution is 5.87. The van der Waals surface area contributed by atoms with E-state index in [9.17, 15) is 5.26 Å². The number of rotatable bonds is 10. The van der Waals surface area contributed by atoms with Crippen LogP contribution in [0.15, 0.2) is 55.0 Å². The fraction of sp³-hybridized carbons (Fsp3) is 0.333. The van der Waals surface area contributed by atoms with Crippen LogP contribution in [0.2, 0.25) is 0 Å². The fourth-order valence-corrected chi connectivity index (χ4v) is 4.31. The SMILES string of the molecule is COc1ccc(CNc2ncnc3c2cnn3-c2cccc(C#N)c2)cc1OCCCN1CCOCC1. The van der Waals surface area contributed by atoms with Crippen molar-refractivity contribution < 1.29 is 14.2 Å². The van der Waals surface area contributed by atoms with Crippen LogP contribution < -0.4 is 14.8 Å². The van der Waals surface area contributed by atoms with E-state index in [1.54, 1.807) is 30.1 Å². The van der Waals surface area contributed by atoms with Crippen molar-refractivity contribution in [2.24, 2.45) is 0 Å². The molecule has 0 radical (unpaired) electrons. The van der Waals surface area contributed by atoms with Crippen molar-refractivity contribution in [2.45, 2.75) is 13.0 Å². The number of ether oxygens (including phenoxy) is 3. The highest BCUT2D eigenvalue weighted by atomic mass is 16.5. The zero-order valence-electron chi connectivity index (χ0n) is 20.8. The van der Waals surface area contributed by atoms with Crippen molar-refractivity contribution in [3.63, 3.8) is 0 Å². The van der Waals surface area contributed by atoms with E-state index in [2.05, 4.69) is 31.4 Å². The molecule has 1 aliphatic heterocycles. The van der Waals surface area contributed by atoms with Gasteiger partial charge in [-0.3, -0.25) is 4.90 Å². The molecule has 3 heterocycles. The fourth-order valence-electron chi connectivity index (χ4n) is 4.31. The maximum Gasteiger partial charge on any atom is 0.168 e. The average Bonchev–Trinajstić information content (AvgIpc) is 3.40. The zero-order chi connectivity index (χ0) is 25.5. The zero-order valence-corrected chi connectivity index (χ0v) is 20.8. The molecule has 5 rings (SSSR count). The Morgan fingerprint density at radius 2 is 2.00 bits per heavy atom. The van der Waals surface area contributed by atoms with Crippen molar-refractivity contribution in [3.8, 4) is 23.3 Å². The number of methoxy groups -OCH3 is 1. The van der Waals surface area contributed by atoms with E-state index in [-0.39, 0.29) is 0 Å². The lowest BCUT2D eigenvalue weighted by Crippen LogP contribution is -2.37. The van der Waals surface area contributed by atoms with E-state index in [1.165, 1.54) is 6.33 Å². The van der Waals surface area contributed by atoms with Crippen LogP contribution in [0.3, 0.4) is 0 Å². The second kappa shape index (κ2) is 11.7. The summed E-state index contributed by atoms with van der Waals surface area (Å²) in [6, 6.07) is 15.3. The normalized spacial score (nSPS) is 13.8. The Morgan fingerprint density at radius 3 is 2.84 bits per heavy atom. The maximum absolute atomic E-state index is 9.22. The third kappa shape index (κ3) is 5.80. The van der Waals surface area contributed by atoms with Crippen molar-refractivity contribution in [2.75, 3.05) is 51.9 Å². The molecule has 0 amide bonds. The molecule has 4 aromatic rings. The van der Waals surface area contributed by atoms with E-state index in [1.807, 2.05) is 30.3 Å². The van der Waals surface area contributed by atoms with E-state index in [4.69, 9.17) is 14.2 Å². The number of fused-ring (bicyclic) bond motifs is 1. The molecule has 0 aliphatic carbocycles. The molecule has 10 nitrogen and oxygen atoms in total. The third-order valence-electron chi connectivity index (χ3n) is 6.25. The van der Waals surface area contributed by atoms with Gasteiger partial charge in [0.1, 0.15) is 12.1 Å². The van der Waals surface area contributed by atoms with Gasteiger partial charge >= 0.3 is 0 Å². The summed E-state index contributed by atoms with van der Waals surface area (Å²) in [4.78, 5) is 11.2. The molecule has 1 fully saturated rings. The first-order chi connectivity index (χ1) is 18.2. The molecule has 0 bridgehead atoms. The average molecular weight is 500 g/mol. The van der Waals surface area contributed by atoms with Crippen LogP contribution in [0.1, 0.15) is 17.5 Å². The van der Waals surface area contributed by atoms with E-state index >= 15 is 0 Å². The van der Waals surface area contributed by atoms with Crippen LogP contribution >= 0.6 is 0 Å².